The molecule has 0 unspecified atom stereocenters. The van der Waals surface area contributed by atoms with Gasteiger partial charge in [0.25, 0.3) is 5.91 Å². The van der Waals surface area contributed by atoms with Crippen LogP contribution in [-0.2, 0) is 0 Å². The lowest BCUT2D eigenvalue weighted by Crippen LogP contribution is -2.37. The molecule has 0 saturated heterocycles. The first-order chi connectivity index (χ1) is 8.70. The number of amides is 1. The predicted molar refractivity (Wildman–Crippen MR) is 69.9 cm³/mol. The molecule has 2 nitrogen and oxygen atoms in total. The van der Waals surface area contributed by atoms with Crippen molar-refractivity contribution in [1.29, 1.82) is 0 Å². The fourth-order valence-electron chi connectivity index (χ4n) is 2.62. The second-order valence-electron chi connectivity index (χ2n) is 5.08. The monoisotopic (exact) mass is 249 g/mol. The summed E-state index contributed by atoms with van der Waals surface area (Å²) in [6.45, 7) is 2.21. The van der Waals surface area contributed by atoms with E-state index in [9.17, 15) is 9.18 Å². The van der Waals surface area contributed by atoms with Crippen molar-refractivity contribution in [2.24, 2.45) is 5.92 Å². The van der Waals surface area contributed by atoms with Gasteiger partial charge in [-0.05, 0) is 43.7 Å². The minimum Gasteiger partial charge on any atom is -0.349 e. The number of hydrogen-bond acceptors (Lipinski definition) is 1. The lowest BCUT2D eigenvalue weighted by molar-refractivity contribution is 0.0917. The summed E-state index contributed by atoms with van der Waals surface area (Å²) in [7, 11) is 0. The summed E-state index contributed by atoms with van der Waals surface area (Å²) < 4.78 is 13.5. The molecule has 1 aliphatic carbocycles. The molecule has 1 aliphatic rings. The van der Waals surface area contributed by atoms with Gasteiger partial charge >= 0.3 is 0 Å². The van der Waals surface area contributed by atoms with Crippen LogP contribution in [0.25, 0.3) is 0 Å². The van der Waals surface area contributed by atoms with E-state index < -0.39 is 5.82 Å². The van der Waals surface area contributed by atoms with E-state index in [1.807, 2.05) is 0 Å². The maximum Gasteiger partial charge on any atom is 0.254 e. The Labute approximate surface area is 108 Å². The third kappa shape index (κ3) is 3.09. The zero-order chi connectivity index (χ0) is 13.0. The number of benzene rings is 1. The molecule has 0 heterocycles. The van der Waals surface area contributed by atoms with E-state index in [-0.39, 0.29) is 17.5 Å². The summed E-state index contributed by atoms with van der Waals surface area (Å²) in [6, 6.07) is 6.34. The van der Waals surface area contributed by atoms with Crippen LogP contribution in [0, 0.1) is 11.7 Å². The largest absolute Gasteiger partial charge is 0.349 e. The Morgan fingerprint density at radius 3 is 2.56 bits per heavy atom. The average Bonchev–Trinajstić information content (AvgIpc) is 2.40. The van der Waals surface area contributed by atoms with Crippen LogP contribution in [-0.4, -0.2) is 11.9 Å². The summed E-state index contributed by atoms with van der Waals surface area (Å²) >= 11 is 0. The van der Waals surface area contributed by atoms with E-state index in [0.29, 0.717) is 0 Å². The Morgan fingerprint density at radius 2 is 1.94 bits per heavy atom. The van der Waals surface area contributed by atoms with Crippen molar-refractivity contribution in [3.8, 4) is 0 Å². The Morgan fingerprint density at radius 1 is 1.28 bits per heavy atom. The maximum absolute atomic E-state index is 13.5. The van der Waals surface area contributed by atoms with Gasteiger partial charge in [-0.3, -0.25) is 4.79 Å². The van der Waals surface area contributed by atoms with Crippen LogP contribution in [0.2, 0.25) is 0 Å². The zero-order valence-corrected chi connectivity index (χ0v) is 10.8. The van der Waals surface area contributed by atoms with Crippen molar-refractivity contribution in [3.63, 3.8) is 0 Å². The summed E-state index contributed by atoms with van der Waals surface area (Å²) in [4.78, 5) is 11.9. The van der Waals surface area contributed by atoms with Crippen LogP contribution in [0.3, 0.4) is 0 Å². The van der Waals surface area contributed by atoms with E-state index in [4.69, 9.17) is 0 Å². The Bertz CT molecular complexity index is 411. The van der Waals surface area contributed by atoms with Crippen molar-refractivity contribution in [2.75, 3.05) is 0 Å². The summed E-state index contributed by atoms with van der Waals surface area (Å²) in [5.41, 5.74) is 0.148. The van der Waals surface area contributed by atoms with E-state index >= 15 is 0 Å². The molecule has 1 fully saturated rings. The van der Waals surface area contributed by atoms with Crippen LogP contribution in [0.5, 0.6) is 0 Å². The molecule has 98 valence electrons. The molecule has 0 aliphatic heterocycles. The molecule has 0 spiro atoms. The van der Waals surface area contributed by atoms with Gasteiger partial charge in [-0.2, -0.15) is 0 Å². The van der Waals surface area contributed by atoms with Gasteiger partial charge in [0, 0.05) is 6.04 Å². The fraction of sp³-hybridized carbons (Fsp3) is 0.533. The minimum atomic E-state index is -0.447. The van der Waals surface area contributed by atoms with Crippen molar-refractivity contribution in [1.82, 2.24) is 5.32 Å². The van der Waals surface area contributed by atoms with Gasteiger partial charge in [0.2, 0.25) is 0 Å². The van der Waals surface area contributed by atoms with Crippen molar-refractivity contribution in [2.45, 2.75) is 45.1 Å². The van der Waals surface area contributed by atoms with Crippen LogP contribution in [0.15, 0.2) is 24.3 Å². The third-order valence-electron chi connectivity index (χ3n) is 3.88. The number of nitrogens with one attached hydrogen (secondary N) is 1. The minimum absolute atomic E-state index is 0.148. The number of carbonyl (C=O) groups is 1. The van der Waals surface area contributed by atoms with Crippen LogP contribution < -0.4 is 5.32 Å². The molecule has 0 bridgehead atoms. The summed E-state index contributed by atoms with van der Waals surface area (Å²) in [6.07, 6.45) is 5.57. The van der Waals surface area contributed by atoms with Gasteiger partial charge < -0.3 is 5.32 Å². The molecular weight excluding hydrogens is 229 g/mol. The molecule has 1 amide bonds. The van der Waals surface area contributed by atoms with Gasteiger partial charge in [0.05, 0.1) is 5.56 Å². The molecule has 0 atom stereocenters. The molecule has 1 saturated carbocycles. The Hall–Kier alpha value is -1.38. The van der Waals surface area contributed by atoms with Gasteiger partial charge in [-0.25, -0.2) is 4.39 Å². The van der Waals surface area contributed by atoms with E-state index in [1.165, 1.54) is 31.4 Å². The first-order valence-corrected chi connectivity index (χ1v) is 6.76. The highest BCUT2D eigenvalue weighted by Crippen LogP contribution is 2.26. The standard InChI is InChI=1S/C15H20FNO/c1-2-11-7-9-12(10-8-11)17-15(18)13-5-3-4-6-14(13)16/h3-6,11-12H,2,7-10H2,1H3,(H,17,18). The first-order valence-electron chi connectivity index (χ1n) is 6.76. The van der Waals surface area contributed by atoms with Gasteiger partial charge in [0.15, 0.2) is 0 Å². The third-order valence-corrected chi connectivity index (χ3v) is 3.88. The highest BCUT2D eigenvalue weighted by molar-refractivity contribution is 5.94. The quantitative estimate of drug-likeness (QED) is 0.872. The highest BCUT2D eigenvalue weighted by atomic mass is 19.1. The van der Waals surface area contributed by atoms with Crippen LogP contribution >= 0.6 is 0 Å². The van der Waals surface area contributed by atoms with Crippen molar-refractivity contribution < 1.29 is 9.18 Å². The molecule has 0 aromatic heterocycles. The maximum atomic E-state index is 13.5. The van der Waals surface area contributed by atoms with Crippen LogP contribution in [0.1, 0.15) is 49.4 Å². The molecular formula is C15H20FNO. The normalized spacial score (nSPS) is 23.7. The van der Waals surface area contributed by atoms with Gasteiger partial charge in [-0.1, -0.05) is 25.5 Å². The van der Waals surface area contributed by atoms with Crippen molar-refractivity contribution >= 4 is 5.91 Å². The Balaban J connectivity index is 1.91. The second kappa shape index (κ2) is 5.98. The number of carbonyl (C=O) groups excluding carboxylic acids is 1. The average molecular weight is 249 g/mol. The SMILES string of the molecule is CCC1CCC(NC(=O)c2ccccc2F)CC1. The molecule has 2 rings (SSSR count). The summed E-state index contributed by atoms with van der Waals surface area (Å²) in [5.74, 6) is 0.0666. The fourth-order valence-corrected chi connectivity index (χ4v) is 2.62. The number of halogens is 1. The summed E-state index contributed by atoms with van der Waals surface area (Å²) in [5, 5.41) is 2.94. The molecule has 1 aromatic rings. The topological polar surface area (TPSA) is 29.1 Å². The molecule has 18 heavy (non-hydrogen) atoms. The Kier molecular flexibility index (Phi) is 4.34. The van der Waals surface area contributed by atoms with Gasteiger partial charge in [-0.15, -0.1) is 0 Å². The second-order valence-corrected chi connectivity index (χ2v) is 5.08. The molecule has 3 heteroatoms. The lowest BCUT2D eigenvalue weighted by Gasteiger charge is -2.28. The van der Waals surface area contributed by atoms with Crippen LogP contribution in [0.4, 0.5) is 4.39 Å². The van der Waals surface area contributed by atoms with E-state index in [2.05, 4.69) is 12.2 Å². The molecule has 1 aromatic carbocycles. The lowest BCUT2D eigenvalue weighted by atomic mass is 9.84. The molecule has 1 N–H and O–H groups in total. The van der Waals surface area contributed by atoms with E-state index in [1.54, 1.807) is 12.1 Å². The molecule has 0 radical (unpaired) electrons. The van der Waals surface area contributed by atoms with Gasteiger partial charge in [0.1, 0.15) is 5.82 Å². The predicted octanol–water partition coefficient (Wildman–Crippen LogP) is 3.52. The number of rotatable bonds is 3. The zero-order valence-electron chi connectivity index (χ0n) is 10.8. The number of hydrogen-bond donors (Lipinski definition) is 1. The van der Waals surface area contributed by atoms with E-state index in [0.717, 1.165) is 18.8 Å². The van der Waals surface area contributed by atoms with Crippen molar-refractivity contribution in [3.05, 3.63) is 35.6 Å². The smallest absolute Gasteiger partial charge is 0.254 e. The first kappa shape index (κ1) is 13.1. The highest BCUT2D eigenvalue weighted by Gasteiger charge is 2.22.